The van der Waals surface area contributed by atoms with Crippen LogP contribution in [0.5, 0.6) is 0 Å². The van der Waals surface area contributed by atoms with Crippen LogP contribution in [-0.2, 0) is 16.0 Å². The fourth-order valence-corrected chi connectivity index (χ4v) is 4.44. The topological polar surface area (TPSA) is 72.5 Å². The molecule has 1 aliphatic carbocycles. The molecule has 1 aromatic rings. The maximum Gasteiger partial charge on any atom is 0.471 e. The van der Waals surface area contributed by atoms with Crippen molar-refractivity contribution in [2.45, 2.75) is 29.2 Å². The Labute approximate surface area is 155 Å². The molecule has 1 amide bonds. The second kappa shape index (κ2) is 6.75. The van der Waals surface area contributed by atoms with Gasteiger partial charge in [0.2, 0.25) is 0 Å². The van der Waals surface area contributed by atoms with Crippen LogP contribution in [0.1, 0.15) is 38.9 Å². The lowest BCUT2D eigenvalue weighted by Gasteiger charge is -2.24. The van der Waals surface area contributed by atoms with Crippen LogP contribution in [0.3, 0.4) is 0 Å². The summed E-state index contributed by atoms with van der Waals surface area (Å²) >= 11 is 7.03. The van der Waals surface area contributed by atoms with Crippen molar-refractivity contribution in [2.24, 2.45) is 0 Å². The molecule has 0 saturated carbocycles. The van der Waals surface area contributed by atoms with E-state index < -0.39 is 27.1 Å². The third kappa shape index (κ3) is 3.67. The SMILES string of the molecule is CCOC(=O)c1c(NC(=O)C(F)(F)F)sc2c1CCC(Br)(Br)C2=O. The number of Topliss-reactive ketones (excluding diaryl/α,β-unsaturated/α-hetero) is 1. The largest absolute Gasteiger partial charge is 0.471 e. The quantitative estimate of drug-likeness (QED) is 0.510. The van der Waals surface area contributed by atoms with Crippen LogP contribution >= 0.6 is 43.2 Å². The third-order valence-electron chi connectivity index (χ3n) is 3.20. The lowest BCUT2D eigenvalue weighted by Crippen LogP contribution is -2.31. The van der Waals surface area contributed by atoms with Crippen molar-refractivity contribution in [1.29, 1.82) is 0 Å². The van der Waals surface area contributed by atoms with Crippen molar-refractivity contribution in [3.63, 3.8) is 0 Å². The van der Waals surface area contributed by atoms with Gasteiger partial charge in [0.25, 0.3) is 0 Å². The lowest BCUT2D eigenvalue weighted by molar-refractivity contribution is -0.167. The highest BCUT2D eigenvalue weighted by atomic mass is 79.9. The van der Waals surface area contributed by atoms with Crippen LogP contribution < -0.4 is 5.32 Å². The highest BCUT2D eigenvalue weighted by molar-refractivity contribution is 9.26. The summed E-state index contributed by atoms with van der Waals surface area (Å²) in [6.45, 7) is 1.54. The first-order valence-corrected chi connectivity index (χ1v) is 9.03. The number of carbonyl (C=O) groups is 3. The molecule has 2 rings (SSSR count). The van der Waals surface area contributed by atoms with E-state index in [9.17, 15) is 27.6 Å². The number of rotatable bonds is 3. The molecule has 0 aromatic carbocycles. The molecule has 0 aliphatic heterocycles. The minimum Gasteiger partial charge on any atom is -0.462 e. The number of thiophene rings is 1. The molecule has 24 heavy (non-hydrogen) atoms. The fourth-order valence-electron chi connectivity index (χ4n) is 2.13. The van der Waals surface area contributed by atoms with E-state index in [1.54, 1.807) is 5.32 Å². The lowest BCUT2D eigenvalue weighted by atomic mass is 9.94. The number of esters is 1. The molecular formula is C13H10Br2F3NO4S. The first-order valence-electron chi connectivity index (χ1n) is 6.62. The summed E-state index contributed by atoms with van der Waals surface area (Å²) in [5.74, 6) is -3.52. The molecule has 1 N–H and O–H groups in total. The molecule has 5 nitrogen and oxygen atoms in total. The third-order valence-corrected chi connectivity index (χ3v) is 5.86. The normalized spacial score (nSPS) is 16.5. The molecule has 1 heterocycles. The van der Waals surface area contributed by atoms with Gasteiger partial charge in [-0.05, 0) is 25.3 Å². The number of carbonyl (C=O) groups excluding carboxylic acids is 3. The minimum absolute atomic E-state index is 0.00484. The number of hydrogen-bond acceptors (Lipinski definition) is 5. The van der Waals surface area contributed by atoms with E-state index in [-0.39, 0.29) is 40.5 Å². The van der Waals surface area contributed by atoms with E-state index in [0.717, 1.165) is 0 Å². The van der Waals surface area contributed by atoms with Crippen molar-refractivity contribution < 1.29 is 32.3 Å². The molecule has 0 fully saturated rings. The van der Waals surface area contributed by atoms with Gasteiger partial charge in [-0.3, -0.25) is 9.59 Å². The van der Waals surface area contributed by atoms with Gasteiger partial charge in [0.1, 0.15) is 8.23 Å². The Morgan fingerprint density at radius 1 is 1.38 bits per heavy atom. The summed E-state index contributed by atoms with van der Waals surface area (Å²) in [4.78, 5) is 35.8. The van der Waals surface area contributed by atoms with Gasteiger partial charge in [0.15, 0.2) is 5.78 Å². The molecule has 132 valence electrons. The van der Waals surface area contributed by atoms with Crippen molar-refractivity contribution in [2.75, 3.05) is 11.9 Å². The molecule has 1 aliphatic rings. The maximum absolute atomic E-state index is 12.5. The van der Waals surface area contributed by atoms with Gasteiger partial charge in [-0.1, -0.05) is 31.9 Å². The molecular weight excluding hydrogens is 483 g/mol. The van der Waals surface area contributed by atoms with Crippen LogP contribution in [0.25, 0.3) is 0 Å². The van der Waals surface area contributed by atoms with Crippen LogP contribution in [0.4, 0.5) is 18.2 Å². The van der Waals surface area contributed by atoms with Crippen LogP contribution in [0, 0.1) is 0 Å². The number of ether oxygens (including phenoxy) is 1. The summed E-state index contributed by atoms with van der Waals surface area (Å²) in [5.41, 5.74) is 0.0914. The number of hydrogen-bond donors (Lipinski definition) is 1. The molecule has 0 unspecified atom stereocenters. The average Bonchev–Trinajstić information content (AvgIpc) is 2.81. The van der Waals surface area contributed by atoms with Crippen molar-refractivity contribution >= 4 is 65.9 Å². The zero-order valence-electron chi connectivity index (χ0n) is 12.1. The Morgan fingerprint density at radius 2 is 2.00 bits per heavy atom. The van der Waals surface area contributed by atoms with Gasteiger partial charge in [0.05, 0.1) is 17.0 Å². The Balaban J connectivity index is 2.53. The smallest absolute Gasteiger partial charge is 0.462 e. The van der Waals surface area contributed by atoms with Gasteiger partial charge in [0, 0.05) is 0 Å². The number of amides is 1. The Bertz CT molecular complexity index is 715. The highest BCUT2D eigenvalue weighted by Gasteiger charge is 2.44. The fraction of sp³-hybridized carbons (Fsp3) is 0.462. The second-order valence-corrected chi connectivity index (χ2v) is 9.61. The minimum atomic E-state index is -5.12. The zero-order chi connectivity index (χ0) is 18.3. The predicted octanol–water partition coefficient (Wildman–Crippen LogP) is 4.04. The van der Waals surface area contributed by atoms with Crippen LogP contribution in [-0.4, -0.2) is 33.7 Å². The standard InChI is InChI=1S/C13H10Br2F3NO4S/c1-2-23-10(21)6-5-3-4-12(14,15)8(20)7(5)24-9(6)19-11(22)13(16,17)18/h2-4H2,1H3,(H,19,22). The Morgan fingerprint density at radius 3 is 2.54 bits per heavy atom. The number of alkyl halides is 5. The van der Waals surface area contributed by atoms with E-state index in [1.807, 2.05) is 0 Å². The molecule has 0 saturated heterocycles. The summed E-state index contributed by atoms with van der Waals surface area (Å²) < 4.78 is 41.3. The second-order valence-electron chi connectivity index (χ2n) is 4.82. The van der Waals surface area contributed by atoms with Crippen molar-refractivity contribution in [3.05, 3.63) is 16.0 Å². The molecule has 11 heteroatoms. The molecule has 0 bridgehead atoms. The number of anilines is 1. The van der Waals surface area contributed by atoms with Gasteiger partial charge in [-0.25, -0.2) is 4.79 Å². The van der Waals surface area contributed by atoms with E-state index >= 15 is 0 Å². The predicted molar refractivity (Wildman–Crippen MR) is 88.2 cm³/mol. The van der Waals surface area contributed by atoms with E-state index in [2.05, 4.69) is 31.9 Å². The van der Waals surface area contributed by atoms with E-state index in [4.69, 9.17) is 4.74 Å². The number of ketones is 1. The van der Waals surface area contributed by atoms with Gasteiger partial charge >= 0.3 is 18.1 Å². The number of fused-ring (bicyclic) bond motifs is 1. The highest BCUT2D eigenvalue weighted by Crippen LogP contribution is 2.46. The van der Waals surface area contributed by atoms with Crippen LogP contribution in [0.15, 0.2) is 0 Å². The van der Waals surface area contributed by atoms with Gasteiger partial charge < -0.3 is 10.1 Å². The van der Waals surface area contributed by atoms with E-state index in [1.165, 1.54) is 6.92 Å². The molecule has 0 radical (unpaired) electrons. The van der Waals surface area contributed by atoms with Crippen molar-refractivity contribution in [3.8, 4) is 0 Å². The molecule has 0 spiro atoms. The molecule has 0 atom stereocenters. The Hall–Kier alpha value is -0.940. The van der Waals surface area contributed by atoms with Crippen molar-refractivity contribution in [1.82, 2.24) is 0 Å². The number of nitrogens with one attached hydrogen (secondary N) is 1. The van der Waals surface area contributed by atoms with Gasteiger partial charge in [-0.2, -0.15) is 13.2 Å². The number of halogens is 5. The summed E-state index contributed by atoms with van der Waals surface area (Å²) in [6.07, 6.45) is -4.58. The summed E-state index contributed by atoms with van der Waals surface area (Å²) in [7, 11) is 0. The average molecular weight is 493 g/mol. The summed E-state index contributed by atoms with van der Waals surface area (Å²) in [5, 5.41) is 1.32. The zero-order valence-corrected chi connectivity index (χ0v) is 16.0. The van der Waals surface area contributed by atoms with Crippen LogP contribution in [0.2, 0.25) is 0 Å². The van der Waals surface area contributed by atoms with Gasteiger partial charge in [-0.15, -0.1) is 11.3 Å². The maximum atomic E-state index is 12.5. The Kier molecular flexibility index (Phi) is 5.46. The summed E-state index contributed by atoms with van der Waals surface area (Å²) in [6, 6.07) is 0. The monoisotopic (exact) mass is 491 g/mol. The molecule has 1 aromatic heterocycles. The first kappa shape index (κ1) is 19.4. The van der Waals surface area contributed by atoms with E-state index in [0.29, 0.717) is 11.3 Å². The first-order chi connectivity index (χ1) is 11.0.